The van der Waals surface area contributed by atoms with Crippen LogP contribution in [0.15, 0.2) is 23.0 Å². The first-order chi connectivity index (χ1) is 13.4. The maximum atomic E-state index is 14.0. The molecule has 0 amide bonds. The number of hydrogen-bond acceptors (Lipinski definition) is 7. The van der Waals surface area contributed by atoms with Crippen LogP contribution in [-0.2, 0) is 0 Å². The van der Waals surface area contributed by atoms with Gasteiger partial charge in [0.1, 0.15) is 11.4 Å². The van der Waals surface area contributed by atoms with Crippen molar-refractivity contribution < 1.29 is 27.4 Å². The lowest BCUT2D eigenvalue weighted by Crippen LogP contribution is -2.28. The molecule has 158 valence electrons. The van der Waals surface area contributed by atoms with E-state index >= 15 is 0 Å². The van der Waals surface area contributed by atoms with Crippen LogP contribution in [0.3, 0.4) is 0 Å². The molecule has 0 radical (unpaired) electrons. The number of ether oxygens (including phenoxy) is 1. The molecule has 0 bridgehead atoms. The Kier molecular flexibility index (Phi) is 6.47. The minimum absolute atomic E-state index is 0.0416. The lowest BCUT2D eigenvalue weighted by atomic mass is 10.1. The average molecular weight is 417 g/mol. The number of benzene rings is 1. The van der Waals surface area contributed by atoms with Gasteiger partial charge in [-0.2, -0.15) is 4.98 Å². The summed E-state index contributed by atoms with van der Waals surface area (Å²) in [4.78, 5) is 20.5. The van der Waals surface area contributed by atoms with E-state index in [-0.39, 0.29) is 28.6 Å². The Morgan fingerprint density at radius 1 is 1.41 bits per heavy atom. The number of halogens is 4. The van der Waals surface area contributed by atoms with Crippen LogP contribution in [-0.4, -0.2) is 47.9 Å². The molecule has 0 spiro atoms. The van der Waals surface area contributed by atoms with Gasteiger partial charge < -0.3 is 25.5 Å². The van der Waals surface area contributed by atoms with Crippen LogP contribution in [0.4, 0.5) is 29.3 Å². The van der Waals surface area contributed by atoms with Gasteiger partial charge in [0, 0.05) is 14.1 Å². The molecule has 1 unspecified atom stereocenters. The molecule has 4 N–H and O–H groups in total. The second-order valence-corrected chi connectivity index (χ2v) is 6.25. The summed E-state index contributed by atoms with van der Waals surface area (Å²) >= 11 is 0. The number of rotatable bonds is 7. The number of aromatic nitrogens is 2. The molecule has 0 aliphatic carbocycles. The van der Waals surface area contributed by atoms with Gasteiger partial charge in [0.05, 0.1) is 18.4 Å². The third-order valence-electron chi connectivity index (χ3n) is 3.83. The zero-order chi connectivity index (χ0) is 21.9. The monoisotopic (exact) mass is 417 g/mol. The summed E-state index contributed by atoms with van der Waals surface area (Å²) in [6, 6.07) is 2.21. The molecular weight excluding hydrogens is 398 g/mol. The van der Waals surface area contributed by atoms with E-state index in [0.29, 0.717) is 0 Å². The summed E-state index contributed by atoms with van der Waals surface area (Å²) in [5, 5.41) is 19.8. The van der Waals surface area contributed by atoms with Gasteiger partial charge in [-0.15, -0.1) is 13.2 Å². The topological polar surface area (TPSA) is 114 Å². The van der Waals surface area contributed by atoms with E-state index in [0.717, 1.165) is 12.1 Å². The van der Waals surface area contributed by atoms with Gasteiger partial charge in [-0.25, -0.2) is 4.39 Å². The molecule has 0 aliphatic rings. The van der Waals surface area contributed by atoms with Crippen molar-refractivity contribution in [1.82, 2.24) is 9.97 Å². The van der Waals surface area contributed by atoms with Gasteiger partial charge in [0.25, 0.3) is 5.56 Å². The number of aliphatic hydroxyl groups excluding tert-OH is 1. The molecule has 0 fully saturated rings. The molecule has 1 aromatic heterocycles. The number of hydrogen-bond donors (Lipinski definition) is 4. The van der Waals surface area contributed by atoms with E-state index in [2.05, 4.69) is 20.0 Å². The van der Waals surface area contributed by atoms with E-state index in [1.165, 1.54) is 11.0 Å². The van der Waals surface area contributed by atoms with Crippen molar-refractivity contribution >= 4 is 17.5 Å². The molecule has 2 rings (SSSR count). The highest BCUT2D eigenvalue weighted by Gasteiger charge is 2.32. The maximum Gasteiger partial charge on any atom is 0.573 e. The van der Waals surface area contributed by atoms with E-state index < -0.39 is 36.1 Å². The summed E-state index contributed by atoms with van der Waals surface area (Å²) in [6.07, 6.45) is -5.02. The fourth-order valence-corrected chi connectivity index (χ4v) is 2.42. The quantitative estimate of drug-likeness (QED) is 0.406. The Morgan fingerprint density at radius 2 is 2.07 bits per heavy atom. The van der Waals surface area contributed by atoms with Gasteiger partial charge in [-0.05, 0) is 24.6 Å². The molecule has 1 atom stereocenters. The molecule has 2 aromatic rings. The summed E-state index contributed by atoms with van der Waals surface area (Å²) in [7, 11) is 3.24. The first-order valence-electron chi connectivity index (χ1n) is 8.25. The Morgan fingerprint density at radius 3 is 2.59 bits per heavy atom. The second kappa shape index (κ2) is 8.47. The largest absolute Gasteiger partial charge is 0.573 e. The van der Waals surface area contributed by atoms with E-state index in [1.807, 2.05) is 0 Å². The second-order valence-electron chi connectivity index (χ2n) is 6.25. The van der Waals surface area contributed by atoms with Gasteiger partial charge in [-0.3, -0.25) is 9.78 Å². The number of aromatic amines is 1. The van der Waals surface area contributed by atoms with Crippen LogP contribution < -0.4 is 20.5 Å². The molecule has 0 aliphatic heterocycles. The van der Waals surface area contributed by atoms with Crippen molar-refractivity contribution in [3.63, 3.8) is 0 Å². The van der Waals surface area contributed by atoms with Gasteiger partial charge in [0.2, 0.25) is 5.95 Å². The predicted octanol–water partition coefficient (Wildman–Crippen LogP) is 2.41. The van der Waals surface area contributed by atoms with Crippen LogP contribution in [0.1, 0.15) is 24.1 Å². The molecule has 12 heteroatoms. The van der Waals surface area contributed by atoms with Crippen LogP contribution >= 0.6 is 0 Å². The molecule has 8 nitrogen and oxygen atoms in total. The van der Waals surface area contributed by atoms with Crippen molar-refractivity contribution in [3.8, 4) is 5.75 Å². The Balaban J connectivity index is 2.39. The number of alkyl halides is 3. The zero-order valence-corrected chi connectivity index (χ0v) is 15.7. The molecule has 1 aromatic carbocycles. The lowest BCUT2D eigenvalue weighted by molar-refractivity contribution is -0.275. The predicted molar refractivity (Wildman–Crippen MR) is 98.2 cm³/mol. The Bertz CT molecular complexity index is 959. The summed E-state index contributed by atoms with van der Waals surface area (Å²) in [5.74, 6) is -2.07. The molecule has 0 saturated carbocycles. The number of H-pyrrole nitrogens is 1. The lowest BCUT2D eigenvalue weighted by Gasteiger charge is -2.20. The third kappa shape index (κ3) is 5.44. The number of nitrogens with one attached hydrogen (secondary N) is 3. The van der Waals surface area contributed by atoms with Crippen LogP contribution in [0.25, 0.3) is 0 Å². The SMILES string of the molecule is CC(Nc1nc(N(C)C)[nH]c(=O)c1C(=N)CO)c1ccc(OC(F)(F)F)c(F)c1. The minimum Gasteiger partial charge on any atom is -0.403 e. The van der Waals surface area contributed by atoms with Crippen LogP contribution in [0, 0.1) is 11.2 Å². The zero-order valence-electron chi connectivity index (χ0n) is 15.7. The number of nitrogens with zero attached hydrogens (tertiary/aromatic N) is 2. The minimum atomic E-state index is -5.02. The maximum absolute atomic E-state index is 14.0. The standard InChI is InChI=1S/C17H19F4N5O3/c1-8(9-4-5-12(10(18)6-9)29-17(19,20)21)23-14-13(11(22)7-27)15(28)25-16(24-14)26(2)3/h4-6,8,22,27H,7H2,1-3H3,(H2,23,24,25,28). The first-order valence-corrected chi connectivity index (χ1v) is 8.25. The highest BCUT2D eigenvalue weighted by Crippen LogP contribution is 2.29. The van der Waals surface area contributed by atoms with Crippen molar-refractivity contribution in [2.75, 3.05) is 30.9 Å². The van der Waals surface area contributed by atoms with Crippen molar-refractivity contribution in [2.45, 2.75) is 19.3 Å². The Hall–Kier alpha value is -3.15. The smallest absolute Gasteiger partial charge is 0.403 e. The van der Waals surface area contributed by atoms with Crippen molar-refractivity contribution in [3.05, 3.63) is 45.5 Å². The Labute approximate surface area is 162 Å². The molecular formula is C17H19F4N5O3. The molecule has 29 heavy (non-hydrogen) atoms. The van der Waals surface area contributed by atoms with E-state index in [1.54, 1.807) is 21.0 Å². The highest BCUT2D eigenvalue weighted by molar-refractivity contribution is 6.02. The van der Waals surface area contributed by atoms with Gasteiger partial charge in [0.15, 0.2) is 11.6 Å². The number of anilines is 2. The fourth-order valence-electron chi connectivity index (χ4n) is 2.42. The summed E-state index contributed by atoms with van der Waals surface area (Å²) in [6.45, 7) is 0.844. The number of aliphatic hydroxyl groups is 1. The van der Waals surface area contributed by atoms with Gasteiger partial charge in [-0.1, -0.05) is 6.07 Å². The van der Waals surface area contributed by atoms with E-state index in [9.17, 15) is 27.5 Å². The van der Waals surface area contributed by atoms with E-state index in [4.69, 9.17) is 5.41 Å². The van der Waals surface area contributed by atoms with Gasteiger partial charge >= 0.3 is 6.36 Å². The van der Waals surface area contributed by atoms with Crippen LogP contribution in [0.5, 0.6) is 5.75 Å². The summed E-state index contributed by atoms with van der Waals surface area (Å²) in [5.41, 5.74) is -1.02. The molecule has 0 saturated heterocycles. The molecule has 1 heterocycles. The first kappa shape index (κ1) is 22.1. The average Bonchev–Trinajstić information content (AvgIpc) is 2.61. The fraction of sp³-hybridized carbons (Fsp3) is 0.353. The highest BCUT2D eigenvalue weighted by atomic mass is 19.4. The third-order valence-corrected chi connectivity index (χ3v) is 3.83. The van der Waals surface area contributed by atoms with Crippen LogP contribution in [0.2, 0.25) is 0 Å². The van der Waals surface area contributed by atoms with Crippen molar-refractivity contribution in [1.29, 1.82) is 5.41 Å². The summed E-state index contributed by atoms with van der Waals surface area (Å²) < 4.78 is 54.4. The van der Waals surface area contributed by atoms with Crippen molar-refractivity contribution in [2.24, 2.45) is 0 Å². The normalized spacial score (nSPS) is 12.4.